The van der Waals surface area contributed by atoms with Crippen molar-refractivity contribution in [2.24, 2.45) is 5.73 Å². The molecule has 1 aromatic rings. The summed E-state index contributed by atoms with van der Waals surface area (Å²) in [6, 6.07) is 7.13. The van der Waals surface area contributed by atoms with Gasteiger partial charge in [-0.25, -0.2) is 0 Å². The van der Waals surface area contributed by atoms with Crippen LogP contribution in [0.15, 0.2) is 24.3 Å². The molecule has 1 unspecified atom stereocenters. The summed E-state index contributed by atoms with van der Waals surface area (Å²) in [7, 11) is 2.11. The third-order valence-corrected chi connectivity index (χ3v) is 3.21. The molecule has 16 heavy (non-hydrogen) atoms. The maximum Gasteiger partial charge on any atom is 0.115 e. The lowest BCUT2D eigenvalue weighted by Gasteiger charge is -2.30. The first-order valence-corrected chi connectivity index (χ1v) is 5.59. The average molecular weight is 221 g/mol. The van der Waals surface area contributed by atoms with E-state index in [4.69, 9.17) is 5.73 Å². The standard InChI is InChI=1S/C12H19N3O/c1-15-7-6-12(8-13,9-15)14-10-2-4-11(16)5-3-10/h2-5,14,16H,6-9,13H2,1H3. The van der Waals surface area contributed by atoms with Gasteiger partial charge in [0.25, 0.3) is 0 Å². The Hall–Kier alpha value is -1.26. The van der Waals surface area contributed by atoms with Gasteiger partial charge in [-0.1, -0.05) is 0 Å². The van der Waals surface area contributed by atoms with Gasteiger partial charge in [0.1, 0.15) is 5.75 Å². The number of nitrogens with two attached hydrogens (primary N) is 1. The summed E-state index contributed by atoms with van der Waals surface area (Å²) in [6.45, 7) is 2.66. The Morgan fingerprint density at radius 3 is 2.62 bits per heavy atom. The van der Waals surface area contributed by atoms with Crippen LogP contribution in [0.5, 0.6) is 5.75 Å². The normalized spacial score (nSPS) is 25.9. The Morgan fingerprint density at radius 1 is 1.44 bits per heavy atom. The zero-order chi connectivity index (χ0) is 11.6. The Bertz CT molecular complexity index is 352. The first-order valence-electron chi connectivity index (χ1n) is 5.59. The SMILES string of the molecule is CN1CCC(CN)(Nc2ccc(O)cc2)C1. The number of nitrogens with zero attached hydrogens (tertiary/aromatic N) is 1. The average Bonchev–Trinajstić information content (AvgIpc) is 2.64. The van der Waals surface area contributed by atoms with Crippen molar-refractivity contribution in [2.75, 3.05) is 32.0 Å². The fraction of sp³-hybridized carbons (Fsp3) is 0.500. The lowest BCUT2D eigenvalue weighted by molar-refractivity contribution is 0.385. The summed E-state index contributed by atoms with van der Waals surface area (Å²) in [4.78, 5) is 2.28. The lowest BCUT2D eigenvalue weighted by atomic mass is 9.98. The van der Waals surface area contributed by atoms with Crippen LogP contribution in [-0.4, -0.2) is 42.2 Å². The van der Waals surface area contributed by atoms with Crippen LogP contribution in [0.1, 0.15) is 6.42 Å². The third kappa shape index (κ3) is 2.28. The number of hydrogen-bond donors (Lipinski definition) is 3. The van der Waals surface area contributed by atoms with Crippen molar-refractivity contribution < 1.29 is 5.11 Å². The van der Waals surface area contributed by atoms with Gasteiger partial charge in [-0.3, -0.25) is 0 Å². The van der Waals surface area contributed by atoms with Crippen LogP contribution in [0.2, 0.25) is 0 Å². The van der Waals surface area contributed by atoms with Crippen LogP contribution in [0.4, 0.5) is 5.69 Å². The quantitative estimate of drug-likeness (QED) is 0.662. The number of aromatic hydroxyl groups is 1. The van der Waals surface area contributed by atoms with Crippen LogP contribution >= 0.6 is 0 Å². The van der Waals surface area contributed by atoms with Crippen LogP contribution in [-0.2, 0) is 0 Å². The molecule has 4 N–H and O–H groups in total. The van der Waals surface area contributed by atoms with Gasteiger partial charge in [0.2, 0.25) is 0 Å². The lowest BCUT2D eigenvalue weighted by Crippen LogP contribution is -2.47. The number of nitrogens with one attached hydrogen (secondary N) is 1. The van der Waals surface area contributed by atoms with E-state index in [0.717, 1.165) is 25.2 Å². The minimum atomic E-state index is -0.0221. The van der Waals surface area contributed by atoms with E-state index in [2.05, 4.69) is 17.3 Å². The van der Waals surface area contributed by atoms with Crippen molar-refractivity contribution in [2.45, 2.75) is 12.0 Å². The van der Waals surface area contributed by atoms with E-state index in [0.29, 0.717) is 6.54 Å². The molecule has 0 amide bonds. The summed E-state index contributed by atoms with van der Waals surface area (Å²) in [5.74, 6) is 0.288. The highest BCUT2D eigenvalue weighted by Gasteiger charge is 2.35. The molecule has 0 saturated carbocycles. The fourth-order valence-corrected chi connectivity index (χ4v) is 2.25. The Labute approximate surface area is 96.1 Å². The fourth-order valence-electron chi connectivity index (χ4n) is 2.25. The molecule has 4 nitrogen and oxygen atoms in total. The second kappa shape index (κ2) is 4.31. The van der Waals surface area contributed by atoms with Crippen LogP contribution in [0.25, 0.3) is 0 Å². The van der Waals surface area contributed by atoms with E-state index in [-0.39, 0.29) is 11.3 Å². The van der Waals surface area contributed by atoms with Crippen LogP contribution in [0.3, 0.4) is 0 Å². The summed E-state index contributed by atoms with van der Waals surface area (Å²) in [6.07, 6.45) is 1.06. The zero-order valence-corrected chi connectivity index (χ0v) is 9.61. The van der Waals surface area contributed by atoms with Crippen molar-refractivity contribution in [1.29, 1.82) is 0 Å². The van der Waals surface area contributed by atoms with Gasteiger partial charge in [-0.2, -0.15) is 0 Å². The van der Waals surface area contributed by atoms with Gasteiger partial charge < -0.3 is 21.1 Å². The highest BCUT2D eigenvalue weighted by molar-refractivity contribution is 5.48. The molecule has 1 aliphatic rings. The van der Waals surface area contributed by atoms with Crippen molar-refractivity contribution >= 4 is 5.69 Å². The van der Waals surface area contributed by atoms with E-state index in [1.54, 1.807) is 12.1 Å². The molecule has 0 aliphatic carbocycles. The molecule has 1 atom stereocenters. The van der Waals surface area contributed by atoms with E-state index in [9.17, 15) is 5.11 Å². The van der Waals surface area contributed by atoms with E-state index < -0.39 is 0 Å². The topological polar surface area (TPSA) is 61.5 Å². The molecule has 0 spiro atoms. The first-order chi connectivity index (χ1) is 7.63. The van der Waals surface area contributed by atoms with E-state index in [1.165, 1.54) is 0 Å². The maximum atomic E-state index is 9.22. The summed E-state index contributed by atoms with van der Waals surface area (Å²) in [5, 5.41) is 12.7. The van der Waals surface area contributed by atoms with E-state index >= 15 is 0 Å². The predicted octanol–water partition coefficient (Wildman–Crippen LogP) is 0.837. The van der Waals surface area contributed by atoms with Crippen molar-refractivity contribution in [3.63, 3.8) is 0 Å². The van der Waals surface area contributed by atoms with Crippen molar-refractivity contribution in [3.05, 3.63) is 24.3 Å². The molecule has 0 bridgehead atoms. The Morgan fingerprint density at radius 2 is 2.12 bits per heavy atom. The number of rotatable bonds is 3. The van der Waals surface area contributed by atoms with Gasteiger partial charge in [0.15, 0.2) is 0 Å². The first kappa shape index (κ1) is 11.2. The van der Waals surface area contributed by atoms with Gasteiger partial charge >= 0.3 is 0 Å². The molecule has 1 saturated heterocycles. The van der Waals surface area contributed by atoms with E-state index in [1.807, 2.05) is 12.1 Å². The van der Waals surface area contributed by atoms with Gasteiger partial charge in [-0.15, -0.1) is 0 Å². The number of benzene rings is 1. The number of likely N-dealkylation sites (tertiary alicyclic amines) is 1. The number of anilines is 1. The molecule has 0 aromatic heterocycles. The summed E-state index contributed by atoms with van der Waals surface area (Å²) < 4.78 is 0. The third-order valence-electron chi connectivity index (χ3n) is 3.21. The number of hydrogen-bond acceptors (Lipinski definition) is 4. The molecular weight excluding hydrogens is 202 g/mol. The molecule has 0 radical (unpaired) electrons. The highest BCUT2D eigenvalue weighted by Crippen LogP contribution is 2.25. The Balaban J connectivity index is 2.10. The monoisotopic (exact) mass is 221 g/mol. The predicted molar refractivity (Wildman–Crippen MR) is 65.6 cm³/mol. The van der Waals surface area contributed by atoms with Crippen molar-refractivity contribution in [3.8, 4) is 5.75 Å². The van der Waals surface area contributed by atoms with Crippen molar-refractivity contribution in [1.82, 2.24) is 4.90 Å². The van der Waals surface area contributed by atoms with Crippen LogP contribution < -0.4 is 11.1 Å². The smallest absolute Gasteiger partial charge is 0.115 e. The maximum absolute atomic E-state index is 9.22. The number of likely N-dealkylation sites (N-methyl/N-ethyl adjacent to an activating group) is 1. The summed E-state index contributed by atoms with van der Waals surface area (Å²) >= 11 is 0. The summed E-state index contributed by atoms with van der Waals surface area (Å²) in [5.41, 5.74) is 6.86. The molecule has 1 heterocycles. The molecule has 1 fully saturated rings. The molecule has 1 aromatic carbocycles. The largest absolute Gasteiger partial charge is 0.508 e. The molecule has 88 valence electrons. The number of phenolic OH excluding ortho intramolecular Hbond substituents is 1. The minimum Gasteiger partial charge on any atom is -0.508 e. The molecular formula is C12H19N3O. The minimum absolute atomic E-state index is 0.0221. The second-order valence-electron chi connectivity index (χ2n) is 4.64. The van der Waals surface area contributed by atoms with Gasteiger partial charge in [0, 0.05) is 25.3 Å². The van der Waals surface area contributed by atoms with Crippen LogP contribution in [0, 0.1) is 0 Å². The number of phenols is 1. The molecule has 4 heteroatoms. The van der Waals surface area contributed by atoms with Gasteiger partial charge in [-0.05, 0) is 37.7 Å². The molecule has 2 rings (SSSR count). The molecule has 1 aliphatic heterocycles. The van der Waals surface area contributed by atoms with Gasteiger partial charge in [0.05, 0.1) is 5.54 Å². The zero-order valence-electron chi connectivity index (χ0n) is 9.61. The Kier molecular flexibility index (Phi) is 3.03. The highest BCUT2D eigenvalue weighted by atomic mass is 16.3. The second-order valence-corrected chi connectivity index (χ2v) is 4.64.